The molecular formula is C49H36F5N3O3. The molecule has 0 aliphatic heterocycles. The van der Waals surface area contributed by atoms with Crippen LogP contribution in [0.3, 0.4) is 0 Å². The summed E-state index contributed by atoms with van der Waals surface area (Å²) in [6.07, 6.45) is -5.32. The van der Waals surface area contributed by atoms with Gasteiger partial charge in [-0.1, -0.05) is 115 Å². The number of ether oxygens (including phenoxy) is 2. The predicted molar refractivity (Wildman–Crippen MR) is 221 cm³/mol. The summed E-state index contributed by atoms with van der Waals surface area (Å²) in [6, 6.07) is 48.1. The second-order valence-corrected chi connectivity index (χ2v) is 14.2. The molecule has 0 atom stereocenters. The van der Waals surface area contributed by atoms with Crippen molar-refractivity contribution in [2.75, 3.05) is 12.4 Å². The first-order valence-electron chi connectivity index (χ1n) is 18.9. The molecule has 0 fully saturated rings. The summed E-state index contributed by atoms with van der Waals surface area (Å²) in [5.41, 5.74) is 4.55. The lowest BCUT2D eigenvalue weighted by Gasteiger charge is -2.39. The molecule has 1 heterocycles. The van der Waals surface area contributed by atoms with E-state index in [4.69, 9.17) is 9.47 Å². The number of anilines is 1. The first-order valence-corrected chi connectivity index (χ1v) is 18.9. The third-order valence-corrected chi connectivity index (χ3v) is 10.5. The number of fused-ring (bicyclic) bond motifs is 1. The Hall–Kier alpha value is -7.27. The maximum Gasteiger partial charge on any atom is 0.471 e. The zero-order valence-electron chi connectivity index (χ0n) is 32.1. The molecule has 1 amide bonds. The van der Waals surface area contributed by atoms with Crippen molar-refractivity contribution in [3.05, 3.63) is 214 Å². The highest BCUT2D eigenvalue weighted by Gasteiger charge is 2.44. The number of aromatic amines is 1. The number of nitrogens with one attached hydrogen (secondary N) is 2. The van der Waals surface area contributed by atoms with E-state index in [1.54, 1.807) is 25.3 Å². The minimum atomic E-state index is -5.24. The van der Waals surface area contributed by atoms with Crippen molar-refractivity contribution in [2.45, 2.75) is 24.6 Å². The highest BCUT2D eigenvalue weighted by molar-refractivity contribution is 6.06. The number of amides is 1. The van der Waals surface area contributed by atoms with Crippen molar-refractivity contribution in [2.24, 2.45) is 0 Å². The fraction of sp³-hybridized carbons (Fsp3) is 0.102. The first-order chi connectivity index (χ1) is 29.0. The van der Waals surface area contributed by atoms with Gasteiger partial charge in [0.05, 0.1) is 18.0 Å². The summed E-state index contributed by atoms with van der Waals surface area (Å²) in [4.78, 5) is 12.7. The Kier molecular flexibility index (Phi) is 10.9. The number of aromatic nitrogens is 2. The smallest absolute Gasteiger partial charge is 0.471 e. The topological polar surface area (TPSA) is 76.2 Å². The van der Waals surface area contributed by atoms with Gasteiger partial charge in [0.2, 0.25) is 0 Å². The quantitative estimate of drug-likeness (QED) is 0.0952. The maximum absolute atomic E-state index is 15.1. The third-order valence-electron chi connectivity index (χ3n) is 10.5. The van der Waals surface area contributed by atoms with Crippen LogP contribution in [0.15, 0.2) is 164 Å². The summed E-state index contributed by atoms with van der Waals surface area (Å²) < 4.78 is 83.4. The van der Waals surface area contributed by atoms with Gasteiger partial charge in [0, 0.05) is 11.5 Å². The van der Waals surface area contributed by atoms with Gasteiger partial charge >= 0.3 is 12.1 Å². The largest absolute Gasteiger partial charge is 0.497 e. The lowest BCUT2D eigenvalue weighted by Crippen LogP contribution is -2.33. The summed E-state index contributed by atoms with van der Waals surface area (Å²) in [5, 5.41) is 9.40. The maximum atomic E-state index is 15.1. The second-order valence-electron chi connectivity index (χ2n) is 14.2. The van der Waals surface area contributed by atoms with Gasteiger partial charge in [-0.15, -0.1) is 0 Å². The van der Waals surface area contributed by atoms with Gasteiger partial charge in [-0.2, -0.15) is 18.3 Å². The minimum absolute atomic E-state index is 0.0862. The zero-order chi connectivity index (χ0) is 41.9. The molecule has 0 bridgehead atoms. The number of H-pyrrole nitrogens is 1. The number of halogens is 5. The van der Waals surface area contributed by atoms with Crippen LogP contribution in [0.4, 0.5) is 27.8 Å². The lowest BCUT2D eigenvalue weighted by molar-refractivity contribution is -0.167. The van der Waals surface area contributed by atoms with Crippen LogP contribution in [0, 0.1) is 11.6 Å². The molecule has 11 heteroatoms. The van der Waals surface area contributed by atoms with Crippen LogP contribution in [-0.4, -0.2) is 29.4 Å². The standard InChI is InChI=1S/C49H36F5N3O3/c1-59-39-21-17-31(18-22-39)30-60-40-23-19-33(20-24-40)41-29-43-44(46(57-56-43)55-47(58)49(52,53)54)45(42(41)27-32-25-37(50)28-38(51)26-32)48(34-11-5-2-6-12-34,35-13-7-3-8-14-35)36-15-9-4-10-16-36/h2-26,28-29H,27,30H2,1H3,(H2,55,56,57,58). The van der Waals surface area contributed by atoms with E-state index in [1.165, 1.54) is 12.1 Å². The molecule has 1 aromatic heterocycles. The Morgan fingerprint density at radius 2 is 1.20 bits per heavy atom. The summed E-state index contributed by atoms with van der Waals surface area (Å²) in [7, 11) is 1.59. The molecule has 0 unspecified atom stereocenters. The number of nitrogens with zero attached hydrogens (tertiary/aromatic N) is 1. The van der Waals surface area contributed by atoms with E-state index in [0.29, 0.717) is 33.5 Å². The van der Waals surface area contributed by atoms with Crippen molar-refractivity contribution in [3.63, 3.8) is 0 Å². The Morgan fingerprint density at radius 3 is 1.72 bits per heavy atom. The average molecular weight is 810 g/mol. The molecule has 0 saturated carbocycles. The van der Waals surface area contributed by atoms with Crippen molar-refractivity contribution in [1.82, 2.24) is 10.2 Å². The molecular weight excluding hydrogens is 774 g/mol. The summed E-state index contributed by atoms with van der Waals surface area (Å²) >= 11 is 0. The number of carbonyl (C=O) groups excluding carboxylic acids is 1. The lowest BCUT2D eigenvalue weighted by atomic mass is 9.62. The Labute approximate surface area is 342 Å². The van der Waals surface area contributed by atoms with Gasteiger partial charge in [-0.05, 0) is 99.0 Å². The van der Waals surface area contributed by atoms with E-state index in [-0.39, 0.29) is 29.8 Å². The van der Waals surface area contributed by atoms with E-state index in [2.05, 4.69) is 10.2 Å². The highest BCUT2D eigenvalue weighted by Crippen LogP contribution is 2.52. The van der Waals surface area contributed by atoms with Gasteiger partial charge < -0.3 is 14.8 Å². The van der Waals surface area contributed by atoms with Gasteiger partial charge in [0.15, 0.2) is 5.82 Å². The third kappa shape index (κ3) is 7.81. The van der Waals surface area contributed by atoms with E-state index in [9.17, 15) is 18.0 Å². The molecule has 300 valence electrons. The first kappa shape index (κ1) is 39.6. The molecule has 0 aliphatic rings. The molecule has 7 aromatic carbocycles. The molecule has 60 heavy (non-hydrogen) atoms. The molecule has 8 rings (SSSR count). The number of hydrogen-bond acceptors (Lipinski definition) is 4. The molecule has 0 radical (unpaired) electrons. The van der Waals surface area contributed by atoms with Gasteiger partial charge in [-0.3, -0.25) is 9.89 Å². The van der Waals surface area contributed by atoms with Crippen molar-refractivity contribution in [3.8, 4) is 22.6 Å². The van der Waals surface area contributed by atoms with Crippen LogP contribution in [0.5, 0.6) is 11.5 Å². The van der Waals surface area contributed by atoms with Crippen LogP contribution in [0.25, 0.3) is 22.0 Å². The van der Waals surface area contributed by atoms with E-state index < -0.39 is 29.1 Å². The number of carbonyl (C=O) groups is 1. The minimum Gasteiger partial charge on any atom is -0.497 e. The van der Waals surface area contributed by atoms with Crippen LogP contribution >= 0.6 is 0 Å². The molecule has 0 spiro atoms. The van der Waals surface area contributed by atoms with Crippen LogP contribution in [0.2, 0.25) is 0 Å². The molecule has 2 N–H and O–H groups in total. The molecule has 8 aromatic rings. The van der Waals surface area contributed by atoms with Crippen molar-refractivity contribution >= 4 is 22.6 Å². The van der Waals surface area contributed by atoms with Gasteiger partial charge in [-0.25, -0.2) is 8.78 Å². The number of methoxy groups -OCH3 is 1. The van der Waals surface area contributed by atoms with E-state index >= 15 is 8.78 Å². The number of rotatable bonds is 12. The SMILES string of the molecule is COc1ccc(COc2ccc(-c3cc4[nH]nc(NC(=O)C(F)(F)F)c4c(C(c4ccccc4)(c4ccccc4)c4ccccc4)c3Cc3cc(F)cc(F)c3)cc2)cc1. The fourth-order valence-corrected chi connectivity index (χ4v) is 7.89. The second kappa shape index (κ2) is 16.5. The highest BCUT2D eigenvalue weighted by atomic mass is 19.4. The number of alkyl halides is 3. The Bertz CT molecular complexity index is 2640. The fourth-order valence-electron chi connectivity index (χ4n) is 7.89. The normalized spacial score (nSPS) is 11.7. The summed E-state index contributed by atoms with van der Waals surface area (Å²) in [5.74, 6) is -2.89. The van der Waals surface area contributed by atoms with Gasteiger partial charge in [0.25, 0.3) is 0 Å². The Balaban J connectivity index is 1.45. The van der Waals surface area contributed by atoms with Crippen LogP contribution in [0.1, 0.15) is 38.9 Å². The van der Waals surface area contributed by atoms with E-state index in [1.807, 2.05) is 133 Å². The van der Waals surface area contributed by atoms with Crippen molar-refractivity contribution in [1.29, 1.82) is 0 Å². The number of hydrogen-bond donors (Lipinski definition) is 2. The monoisotopic (exact) mass is 809 g/mol. The molecule has 6 nitrogen and oxygen atoms in total. The van der Waals surface area contributed by atoms with Crippen LogP contribution in [-0.2, 0) is 23.2 Å². The van der Waals surface area contributed by atoms with E-state index in [0.717, 1.165) is 34.1 Å². The van der Waals surface area contributed by atoms with Crippen molar-refractivity contribution < 1.29 is 36.2 Å². The predicted octanol–water partition coefficient (Wildman–Crippen LogP) is 11.6. The van der Waals surface area contributed by atoms with Gasteiger partial charge in [0.1, 0.15) is 29.7 Å². The number of benzene rings is 7. The zero-order valence-corrected chi connectivity index (χ0v) is 32.1. The van der Waals surface area contributed by atoms with Crippen LogP contribution < -0.4 is 14.8 Å². The Morgan fingerprint density at radius 1 is 0.667 bits per heavy atom. The molecule has 0 saturated heterocycles. The molecule has 0 aliphatic carbocycles. The average Bonchev–Trinajstić information content (AvgIpc) is 3.66. The summed E-state index contributed by atoms with van der Waals surface area (Å²) in [6.45, 7) is 0.282.